The Bertz CT molecular complexity index is 201. The van der Waals surface area contributed by atoms with E-state index in [0.717, 1.165) is 13.0 Å². The molecule has 0 amide bonds. The lowest BCUT2D eigenvalue weighted by atomic mass is 9.86. The Hall–Kier alpha value is -0.0800. The van der Waals surface area contributed by atoms with Crippen molar-refractivity contribution in [3.63, 3.8) is 0 Å². The van der Waals surface area contributed by atoms with Crippen molar-refractivity contribution in [3.05, 3.63) is 0 Å². The summed E-state index contributed by atoms with van der Waals surface area (Å²) in [6.07, 6.45) is 5.00. The van der Waals surface area contributed by atoms with Crippen molar-refractivity contribution in [2.24, 2.45) is 5.41 Å². The van der Waals surface area contributed by atoms with Crippen molar-refractivity contribution in [2.75, 3.05) is 6.61 Å². The summed E-state index contributed by atoms with van der Waals surface area (Å²) in [4.78, 5) is 0. The monoisotopic (exact) mass is 214 g/mol. The van der Waals surface area contributed by atoms with Gasteiger partial charge < -0.3 is 9.47 Å². The van der Waals surface area contributed by atoms with Gasteiger partial charge in [0.05, 0.1) is 12.7 Å². The van der Waals surface area contributed by atoms with E-state index >= 15 is 0 Å². The smallest absolute Gasteiger partial charge is 0.165 e. The van der Waals surface area contributed by atoms with Crippen molar-refractivity contribution in [2.45, 2.75) is 72.2 Å². The minimum Gasteiger partial charge on any atom is -0.350 e. The quantitative estimate of drug-likeness (QED) is 0.664. The molecular weight excluding hydrogens is 188 g/mol. The third-order valence-electron chi connectivity index (χ3n) is 3.51. The van der Waals surface area contributed by atoms with Gasteiger partial charge in [-0.05, 0) is 20.3 Å². The summed E-state index contributed by atoms with van der Waals surface area (Å²) in [5.41, 5.74) is 0.143. The van der Waals surface area contributed by atoms with E-state index < -0.39 is 0 Å². The molecule has 0 spiro atoms. The molecule has 1 rings (SSSR count). The van der Waals surface area contributed by atoms with Crippen LogP contribution in [0.3, 0.4) is 0 Å². The van der Waals surface area contributed by atoms with Gasteiger partial charge in [-0.1, -0.05) is 33.6 Å². The van der Waals surface area contributed by atoms with Crippen LogP contribution in [0.15, 0.2) is 0 Å². The molecule has 0 aromatic carbocycles. The fourth-order valence-corrected chi connectivity index (χ4v) is 1.85. The van der Waals surface area contributed by atoms with Crippen molar-refractivity contribution in [1.82, 2.24) is 0 Å². The third-order valence-corrected chi connectivity index (χ3v) is 3.51. The number of ether oxygens (including phenoxy) is 2. The Labute approximate surface area is 94.3 Å². The van der Waals surface area contributed by atoms with Gasteiger partial charge in [0.15, 0.2) is 5.79 Å². The molecule has 15 heavy (non-hydrogen) atoms. The highest BCUT2D eigenvalue weighted by Gasteiger charge is 2.41. The molecular formula is C13H26O2. The van der Waals surface area contributed by atoms with Crippen molar-refractivity contribution >= 4 is 0 Å². The van der Waals surface area contributed by atoms with E-state index in [1.807, 2.05) is 0 Å². The molecule has 0 N–H and O–H groups in total. The average molecular weight is 214 g/mol. The summed E-state index contributed by atoms with van der Waals surface area (Å²) in [6.45, 7) is 11.6. The van der Waals surface area contributed by atoms with E-state index in [2.05, 4.69) is 34.6 Å². The van der Waals surface area contributed by atoms with E-state index in [-0.39, 0.29) is 17.3 Å². The number of unbranched alkanes of at least 4 members (excludes halogenated alkanes) is 2. The van der Waals surface area contributed by atoms with Gasteiger partial charge in [-0.3, -0.25) is 0 Å². The lowest BCUT2D eigenvalue weighted by Crippen LogP contribution is -2.50. The Morgan fingerprint density at radius 3 is 2.40 bits per heavy atom. The first-order chi connectivity index (χ1) is 6.90. The summed E-state index contributed by atoms with van der Waals surface area (Å²) in [5, 5.41) is 0. The van der Waals surface area contributed by atoms with Gasteiger partial charge in [0.1, 0.15) is 0 Å². The minimum atomic E-state index is -0.343. The van der Waals surface area contributed by atoms with Crippen LogP contribution < -0.4 is 0 Å². The summed E-state index contributed by atoms with van der Waals surface area (Å²) in [5.74, 6) is -0.343. The predicted octanol–water partition coefficient (Wildman–Crippen LogP) is 3.74. The molecule has 1 heterocycles. The Morgan fingerprint density at radius 2 is 1.87 bits per heavy atom. The zero-order chi connectivity index (χ0) is 11.5. The summed E-state index contributed by atoms with van der Waals surface area (Å²) < 4.78 is 11.9. The molecule has 2 heteroatoms. The van der Waals surface area contributed by atoms with Crippen LogP contribution in [0.4, 0.5) is 0 Å². The Balaban J connectivity index is 2.44. The van der Waals surface area contributed by atoms with E-state index in [1.54, 1.807) is 0 Å². The number of rotatable bonds is 4. The normalized spacial score (nSPS) is 35.4. The molecule has 0 radical (unpaired) electrons. The molecule has 1 aliphatic rings. The van der Waals surface area contributed by atoms with Gasteiger partial charge >= 0.3 is 0 Å². The highest BCUT2D eigenvalue weighted by atomic mass is 16.7. The van der Waals surface area contributed by atoms with Gasteiger partial charge in [0.25, 0.3) is 0 Å². The second-order valence-corrected chi connectivity index (χ2v) is 5.63. The molecule has 1 fully saturated rings. The Morgan fingerprint density at radius 1 is 1.20 bits per heavy atom. The van der Waals surface area contributed by atoms with Gasteiger partial charge in [-0.15, -0.1) is 0 Å². The lowest BCUT2D eigenvalue weighted by molar-refractivity contribution is -0.319. The largest absolute Gasteiger partial charge is 0.350 e. The predicted molar refractivity (Wildman–Crippen MR) is 62.8 cm³/mol. The summed E-state index contributed by atoms with van der Waals surface area (Å²) in [6, 6.07) is 0. The molecule has 0 aromatic heterocycles. The molecule has 2 atom stereocenters. The number of hydrogen-bond donors (Lipinski definition) is 0. The first-order valence-corrected chi connectivity index (χ1v) is 6.21. The molecule has 0 unspecified atom stereocenters. The molecule has 90 valence electrons. The molecule has 0 saturated carbocycles. The van der Waals surface area contributed by atoms with Crippen LogP contribution in [-0.4, -0.2) is 18.5 Å². The highest BCUT2D eigenvalue weighted by Crippen LogP contribution is 2.36. The van der Waals surface area contributed by atoms with E-state index in [4.69, 9.17) is 9.47 Å². The van der Waals surface area contributed by atoms with Gasteiger partial charge in [0.2, 0.25) is 0 Å². The van der Waals surface area contributed by atoms with Gasteiger partial charge in [-0.25, -0.2) is 0 Å². The second kappa shape index (κ2) is 4.84. The van der Waals surface area contributed by atoms with Gasteiger partial charge in [0, 0.05) is 11.8 Å². The first-order valence-electron chi connectivity index (χ1n) is 6.21. The molecule has 0 bridgehead atoms. The van der Waals surface area contributed by atoms with Crippen LogP contribution in [0.2, 0.25) is 0 Å². The number of hydrogen-bond acceptors (Lipinski definition) is 2. The first kappa shape index (κ1) is 13.0. The fraction of sp³-hybridized carbons (Fsp3) is 1.00. The van der Waals surface area contributed by atoms with Crippen LogP contribution in [-0.2, 0) is 9.47 Å². The van der Waals surface area contributed by atoms with E-state index in [0.29, 0.717) is 0 Å². The van der Waals surface area contributed by atoms with Crippen LogP contribution in [0.5, 0.6) is 0 Å². The minimum absolute atomic E-state index is 0.143. The fourth-order valence-electron chi connectivity index (χ4n) is 1.85. The topological polar surface area (TPSA) is 18.5 Å². The van der Waals surface area contributed by atoms with Crippen LogP contribution in [0, 0.1) is 5.41 Å². The highest BCUT2D eigenvalue weighted by molar-refractivity contribution is 4.83. The average Bonchev–Trinajstić information content (AvgIpc) is 2.14. The summed E-state index contributed by atoms with van der Waals surface area (Å²) in [7, 11) is 0. The molecule has 0 aliphatic carbocycles. The maximum atomic E-state index is 6.01. The van der Waals surface area contributed by atoms with Crippen molar-refractivity contribution in [3.8, 4) is 0 Å². The lowest BCUT2D eigenvalue weighted by Gasteiger charge is -2.46. The SMILES string of the molecule is CCCCC[C@]1(C)OCC(C)(C)[C@H](C)O1. The Kier molecular flexibility index (Phi) is 4.19. The van der Waals surface area contributed by atoms with E-state index in [9.17, 15) is 0 Å². The zero-order valence-corrected chi connectivity index (χ0v) is 10.9. The molecule has 1 saturated heterocycles. The maximum Gasteiger partial charge on any atom is 0.165 e. The van der Waals surface area contributed by atoms with Crippen LogP contribution >= 0.6 is 0 Å². The maximum absolute atomic E-state index is 6.01. The molecule has 0 aromatic rings. The molecule has 1 aliphatic heterocycles. The molecule has 2 nitrogen and oxygen atoms in total. The van der Waals surface area contributed by atoms with Crippen molar-refractivity contribution in [1.29, 1.82) is 0 Å². The van der Waals surface area contributed by atoms with Crippen molar-refractivity contribution < 1.29 is 9.47 Å². The summed E-state index contributed by atoms with van der Waals surface area (Å²) >= 11 is 0. The van der Waals surface area contributed by atoms with Crippen LogP contribution in [0.1, 0.15) is 60.3 Å². The second-order valence-electron chi connectivity index (χ2n) is 5.63. The third kappa shape index (κ3) is 3.46. The van der Waals surface area contributed by atoms with Crippen LogP contribution in [0.25, 0.3) is 0 Å². The van der Waals surface area contributed by atoms with Gasteiger partial charge in [-0.2, -0.15) is 0 Å². The standard InChI is InChI=1S/C13H26O2/c1-6-7-8-9-13(5)14-10-12(3,4)11(2)15-13/h11H,6-10H2,1-5H3/t11-,13+/m0/s1. The zero-order valence-electron chi connectivity index (χ0n) is 10.9. The van der Waals surface area contributed by atoms with E-state index in [1.165, 1.54) is 19.3 Å².